The van der Waals surface area contributed by atoms with Crippen LogP contribution in [0.15, 0.2) is 36.5 Å². The first-order chi connectivity index (χ1) is 14.1. The second kappa shape index (κ2) is 7.13. The highest BCUT2D eigenvalue weighted by Gasteiger charge is 2.33. The standard InChI is InChI=1S/C28H34N/c1-16(2)11-24-25-15-22(17(3)4)14-21-9-10-29(8)28(26(21)25)27(24)23-13-18(5)12-19(6)20(23)7/h9-10,12-17H,11H2,1-8H3/q+1/i10D. The number of rotatable bonds is 4. The predicted octanol–water partition coefficient (Wildman–Crippen LogP) is 7.03. The summed E-state index contributed by atoms with van der Waals surface area (Å²) in [5.41, 5.74) is 12.0. The summed E-state index contributed by atoms with van der Waals surface area (Å²) >= 11 is 0. The third-order valence-electron chi connectivity index (χ3n) is 6.40. The maximum Gasteiger partial charge on any atom is 0.221 e. The van der Waals surface area contributed by atoms with Crippen molar-refractivity contribution >= 4 is 21.9 Å². The molecule has 0 fully saturated rings. The summed E-state index contributed by atoms with van der Waals surface area (Å²) in [7, 11) is 2.05. The number of allylic oxidation sites excluding steroid dienone is 1. The van der Waals surface area contributed by atoms with E-state index in [1.165, 1.54) is 61.0 Å². The zero-order valence-electron chi connectivity index (χ0n) is 20.2. The van der Waals surface area contributed by atoms with Gasteiger partial charge in [-0.2, -0.15) is 0 Å². The molecule has 0 atom stereocenters. The van der Waals surface area contributed by atoms with Crippen molar-refractivity contribution in [3.05, 3.63) is 75.6 Å². The molecule has 1 aliphatic rings. The van der Waals surface area contributed by atoms with Crippen LogP contribution in [0, 0.1) is 26.7 Å². The summed E-state index contributed by atoms with van der Waals surface area (Å²) in [5, 5.41) is 2.52. The Kier molecular flexibility index (Phi) is 4.57. The third-order valence-corrected chi connectivity index (χ3v) is 6.40. The maximum absolute atomic E-state index is 8.69. The molecule has 1 heteroatoms. The highest BCUT2D eigenvalue weighted by Crippen LogP contribution is 2.47. The minimum Gasteiger partial charge on any atom is -0.200 e. The lowest BCUT2D eigenvalue weighted by atomic mass is 9.88. The number of pyridine rings is 1. The van der Waals surface area contributed by atoms with E-state index in [2.05, 4.69) is 77.3 Å². The number of aromatic nitrogens is 1. The van der Waals surface area contributed by atoms with Crippen molar-refractivity contribution in [3.63, 3.8) is 0 Å². The van der Waals surface area contributed by atoms with Crippen LogP contribution in [0.5, 0.6) is 0 Å². The average Bonchev–Trinajstić information content (AvgIpc) is 2.97. The summed E-state index contributed by atoms with van der Waals surface area (Å²) in [5.74, 6) is 1.03. The molecular weight excluding hydrogens is 350 g/mol. The zero-order chi connectivity index (χ0) is 21.9. The SMILES string of the molecule is [2H]c1cc2cc(C(C)C)cc3c2c([n+]1C)C(c1cc(C)cc(C)c1C)=C3CC(C)C. The van der Waals surface area contributed by atoms with Gasteiger partial charge in [0.15, 0.2) is 6.17 Å². The van der Waals surface area contributed by atoms with Gasteiger partial charge in [0.25, 0.3) is 0 Å². The maximum atomic E-state index is 8.69. The fraction of sp³-hybridized carbons (Fsp3) is 0.393. The molecule has 0 spiro atoms. The van der Waals surface area contributed by atoms with Gasteiger partial charge in [-0.05, 0) is 77.8 Å². The van der Waals surface area contributed by atoms with E-state index in [1.54, 1.807) is 0 Å². The van der Waals surface area contributed by atoms with E-state index in [0.29, 0.717) is 18.0 Å². The van der Waals surface area contributed by atoms with Gasteiger partial charge in [0.2, 0.25) is 5.69 Å². The van der Waals surface area contributed by atoms with Gasteiger partial charge < -0.3 is 0 Å². The van der Waals surface area contributed by atoms with Crippen LogP contribution in [0.1, 0.15) is 80.5 Å². The molecular formula is C28H34N+. The van der Waals surface area contributed by atoms with E-state index in [9.17, 15) is 0 Å². The summed E-state index contributed by atoms with van der Waals surface area (Å²) in [6, 6.07) is 11.4. The smallest absolute Gasteiger partial charge is 0.200 e. The van der Waals surface area contributed by atoms with Crippen LogP contribution >= 0.6 is 0 Å². The van der Waals surface area contributed by atoms with Crippen LogP contribution in [0.2, 0.25) is 0 Å². The summed E-state index contributed by atoms with van der Waals surface area (Å²) in [6.45, 7) is 15.8. The molecule has 29 heavy (non-hydrogen) atoms. The molecule has 2 aromatic carbocycles. The number of aryl methyl sites for hydroxylation is 2. The van der Waals surface area contributed by atoms with E-state index in [1.807, 2.05) is 13.1 Å². The molecule has 0 bridgehead atoms. The topological polar surface area (TPSA) is 3.88 Å². The Morgan fingerprint density at radius 2 is 1.69 bits per heavy atom. The fourth-order valence-electron chi connectivity index (χ4n) is 4.82. The minimum atomic E-state index is 0.463. The number of hydrogen-bond donors (Lipinski definition) is 0. The predicted molar refractivity (Wildman–Crippen MR) is 125 cm³/mol. The van der Waals surface area contributed by atoms with Gasteiger partial charge in [-0.1, -0.05) is 57.5 Å². The van der Waals surface area contributed by atoms with Crippen molar-refractivity contribution in [3.8, 4) is 0 Å². The number of nitrogens with zero attached hydrogens (tertiary/aromatic N) is 1. The Morgan fingerprint density at radius 3 is 2.34 bits per heavy atom. The van der Waals surface area contributed by atoms with Crippen LogP contribution in [0.25, 0.3) is 21.9 Å². The first kappa shape index (κ1) is 18.6. The monoisotopic (exact) mass is 385 g/mol. The van der Waals surface area contributed by atoms with Crippen LogP contribution in [0.4, 0.5) is 0 Å². The van der Waals surface area contributed by atoms with Crippen molar-refractivity contribution < 1.29 is 5.94 Å². The highest BCUT2D eigenvalue weighted by atomic mass is 14.9. The second-order valence-corrected chi connectivity index (χ2v) is 9.57. The van der Waals surface area contributed by atoms with Gasteiger partial charge in [-0.15, -0.1) is 0 Å². The van der Waals surface area contributed by atoms with Gasteiger partial charge >= 0.3 is 0 Å². The molecule has 1 nitrogen and oxygen atoms in total. The lowest BCUT2D eigenvalue weighted by Crippen LogP contribution is -2.32. The van der Waals surface area contributed by atoms with Gasteiger partial charge in [0.1, 0.15) is 8.42 Å². The molecule has 3 aromatic rings. The molecule has 0 aliphatic heterocycles. The van der Waals surface area contributed by atoms with E-state index in [0.717, 1.165) is 6.42 Å². The van der Waals surface area contributed by atoms with Crippen LogP contribution in [0.3, 0.4) is 0 Å². The van der Waals surface area contributed by atoms with Crippen molar-refractivity contribution in [2.45, 2.75) is 60.8 Å². The number of benzene rings is 2. The van der Waals surface area contributed by atoms with E-state index in [4.69, 9.17) is 1.37 Å². The van der Waals surface area contributed by atoms with E-state index in [-0.39, 0.29) is 0 Å². The Balaban J connectivity index is 2.19. The molecule has 0 amide bonds. The minimum absolute atomic E-state index is 0.463. The third kappa shape index (κ3) is 3.21. The lowest BCUT2D eigenvalue weighted by Gasteiger charge is -2.16. The molecule has 0 radical (unpaired) electrons. The first-order valence-electron chi connectivity index (χ1n) is 11.4. The second-order valence-electron chi connectivity index (χ2n) is 9.57. The van der Waals surface area contributed by atoms with Gasteiger partial charge in [0, 0.05) is 6.07 Å². The fourth-order valence-corrected chi connectivity index (χ4v) is 4.82. The molecule has 0 saturated carbocycles. The van der Waals surface area contributed by atoms with Crippen LogP contribution in [-0.4, -0.2) is 0 Å². The lowest BCUT2D eigenvalue weighted by molar-refractivity contribution is -0.672. The normalized spacial score (nSPS) is 13.9. The molecule has 4 rings (SSSR count). The Bertz CT molecular complexity index is 1210. The van der Waals surface area contributed by atoms with Crippen LogP contribution < -0.4 is 4.57 Å². The summed E-state index contributed by atoms with van der Waals surface area (Å²) in [6.07, 6.45) is 1.61. The number of hydrogen-bond acceptors (Lipinski definition) is 0. The van der Waals surface area contributed by atoms with Gasteiger partial charge in [0.05, 0.1) is 11.0 Å². The first-order valence-corrected chi connectivity index (χ1v) is 10.9. The van der Waals surface area contributed by atoms with Crippen molar-refractivity contribution in [2.24, 2.45) is 13.0 Å². The van der Waals surface area contributed by atoms with E-state index >= 15 is 0 Å². The molecule has 150 valence electrons. The van der Waals surface area contributed by atoms with Crippen molar-refractivity contribution in [1.82, 2.24) is 0 Å². The van der Waals surface area contributed by atoms with E-state index < -0.39 is 0 Å². The van der Waals surface area contributed by atoms with Crippen molar-refractivity contribution in [2.75, 3.05) is 0 Å². The molecule has 0 saturated heterocycles. The van der Waals surface area contributed by atoms with Crippen molar-refractivity contribution in [1.29, 1.82) is 0 Å². The van der Waals surface area contributed by atoms with Gasteiger partial charge in [-0.25, -0.2) is 4.57 Å². The Labute approximate surface area is 177 Å². The molecule has 1 heterocycles. The quantitative estimate of drug-likeness (QED) is 0.424. The highest BCUT2D eigenvalue weighted by molar-refractivity contribution is 6.16. The van der Waals surface area contributed by atoms with Gasteiger partial charge in [-0.3, -0.25) is 0 Å². The van der Waals surface area contributed by atoms with Crippen LogP contribution in [-0.2, 0) is 7.05 Å². The molecule has 1 aromatic heterocycles. The average molecular weight is 386 g/mol. The Hall–Kier alpha value is -2.41. The molecule has 0 unspecified atom stereocenters. The molecule has 0 N–H and O–H groups in total. The summed E-state index contributed by atoms with van der Waals surface area (Å²) < 4.78 is 10.8. The largest absolute Gasteiger partial charge is 0.221 e. The Morgan fingerprint density at radius 1 is 0.966 bits per heavy atom. The zero-order valence-corrected chi connectivity index (χ0v) is 19.2. The molecule has 1 aliphatic carbocycles. The summed E-state index contributed by atoms with van der Waals surface area (Å²) in [4.78, 5) is 0.